The zero-order valence-corrected chi connectivity index (χ0v) is 18.3. The summed E-state index contributed by atoms with van der Waals surface area (Å²) in [5.74, 6) is 1.17. The summed E-state index contributed by atoms with van der Waals surface area (Å²) in [6, 6.07) is 18.8. The Morgan fingerprint density at radius 3 is 2.58 bits per heavy atom. The second-order valence-electron chi connectivity index (χ2n) is 8.61. The van der Waals surface area contributed by atoms with Crippen LogP contribution in [0, 0.1) is 5.92 Å². The molecule has 1 saturated heterocycles. The number of hydrogen-bond donors (Lipinski definition) is 0. The summed E-state index contributed by atoms with van der Waals surface area (Å²) in [5, 5.41) is 1.08. The molecule has 4 rings (SSSR count). The molecule has 3 aromatic rings. The monoisotopic (exact) mass is 418 g/mol. The van der Waals surface area contributed by atoms with Crippen molar-refractivity contribution in [3.05, 3.63) is 71.9 Å². The van der Waals surface area contributed by atoms with Gasteiger partial charge in [0.1, 0.15) is 17.4 Å². The maximum Gasteiger partial charge on any atom is 0.409 e. The van der Waals surface area contributed by atoms with Gasteiger partial charge in [0, 0.05) is 37.5 Å². The van der Waals surface area contributed by atoms with E-state index in [1.807, 2.05) is 26.0 Å². The van der Waals surface area contributed by atoms with Crippen LogP contribution in [0.2, 0.25) is 0 Å². The van der Waals surface area contributed by atoms with Crippen LogP contribution in [0.3, 0.4) is 0 Å². The Balaban J connectivity index is 1.45. The summed E-state index contributed by atoms with van der Waals surface area (Å²) in [5.41, 5.74) is 3.36. The van der Waals surface area contributed by atoms with Crippen molar-refractivity contribution in [2.24, 2.45) is 5.92 Å². The van der Waals surface area contributed by atoms with Crippen LogP contribution in [0.4, 0.5) is 4.79 Å². The fraction of sp³-hybridized carbons (Fsp3) is 0.385. The van der Waals surface area contributed by atoms with Gasteiger partial charge in [-0.3, -0.25) is 4.98 Å². The van der Waals surface area contributed by atoms with Crippen LogP contribution >= 0.6 is 0 Å². The lowest BCUT2D eigenvalue weighted by Gasteiger charge is -2.32. The largest absolute Gasteiger partial charge is 0.488 e. The summed E-state index contributed by atoms with van der Waals surface area (Å²) >= 11 is 0. The second kappa shape index (κ2) is 9.82. The van der Waals surface area contributed by atoms with Crippen molar-refractivity contribution in [1.82, 2.24) is 9.88 Å². The Kier molecular flexibility index (Phi) is 6.70. The minimum atomic E-state index is -0.218. The van der Waals surface area contributed by atoms with E-state index < -0.39 is 0 Å². The number of benzene rings is 2. The van der Waals surface area contributed by atoms with Crippen LogP contribution in [-0.2, 0) is 11.2 Å². The van der Waals surface area contributed by atoms with E-state index in [2.05, 4.69) is 47.4 Å². The molecule has 0 bridgehead atoms. The standard InChI is InChI=1S/C26H30N2O3/c1-19(2)18-30-26(29)28-13-10-23(11-14-28)31-24-17-21(15-20-7-4-3-5-8-20)16-22-9-6-12-27-25(22)24/h3-9,12,16-17,19,23H,10-11,13-15,18H2,1-2H3. The molecule has 1 amide bonds. The van der Waals surface area contributed by atoms with Crippen LogP contribution in [0.1, 0.15) is 37.8 Å². The fourth-order valence-electron chi connectivity index (χ4n) is 3.91. The average molecular weight is 419 g/mol. The number of carbonyl (C=O) groups excluding carboxylic acids is 1. The molecule has 0 unspecified atom stereocenters. The van der Waals surface area contributed by atoms with Crippen LogP contribution in [-0.4, -0.2) is 41.8 Å². The molecule has 1 fully saturated rings. The van der Waals surface area contributed by atoms with Crippen molar-refractivity contribution < 1.29 is 14.3 Å². The van der Waals surface area contributed by atoms with Gasteiger partial charge in [-0.15, -0.1) is 0 Å². The Bertz CT molecular complexity index is 1010. The van der Waals surface area contributed by atoms with Gasteiger partial charge in [-0.2, -0.15) is 0 Å². The molecule has 1 aromatic heterocycles. The van der Waals surface area contributed by atoms with Crippen molar-refractivity contribution in [3.8, 4) is 5.75 Å². The maximum atomic E-state index is 12.2. The molecule has 0 atom stereocenters. The van der Waals surface area contributed by atoms with Crippen molar-refractivity contribution in [1.29, 1.82) is 0 Å². The number of nitrogens with zero attached hydrogens (tertiary/aromatic N) is 2. The average Bonchev–Trinajstić information content (AvgIpc) is 2.78. The maximum absolute atomic E-state index is 12.2. The van der Waals surface area contributed by atoms with Crippen LogP contribution < -0.4 is 4.74 Å². The van der Waals surface area contributed by atoms with Gasteiger partial charge in [-0.25, -0.2) is 4.79 Å². The fourth-order valence-corrected chi connectivity index (χ4v) is 3.91. The van der Waals surface area contributed by atoms with E-state index in [4.69, 9.17) is 9.47 Å². The minimum absolute atomic E-state index is 0.0614. The van der Waals surface area contributed by atoms with Gasteiger partial charge in [0.05, 0.1) is 6.61 Å². The van der Waals surface area contributed by atoms with E-state index in [0.29, 0.717) is 25.6 Å². The Morgan fingerprint density at radius 1 is 1.06 bits per heavy atom. The van der Waals surface area contributed by atoms with E-state index in [1.165, 1.54) is 11.1 Å². The van der Waals surface area contributed by atoms with Crippen LogP contribution in [0.25, 0.3) is 10.9 Å². The Hall–Kier alpha value is -3.08. The van der Waals surface area contributed by atoms with Crippen molar-refractivity contribution in [3.63, 3.8) is 0 Å². The summed E-state index contributed by atoms with van der Waals surface area (Å²) in [7, 11) is 0. The predicted molar refractivity (Wildman–Crippen MR) is 122 cm³/mol. The summed E-state index contributed by atoms with van der Waals surface area (Å²) < 4.78 is 11.8. The molecule has 0 saturated carbocycles. The number of ether oxygens (including phenoxy) is 2. The zero-order chi connectivity index (χ0) is 21.6. The third kappa shape index (κ3) is 5.54. The van der Waals surface area contributed by atoms with E-state index >= 15 is 0 Å². The second-order valence-corrected chi connectivity index (χ2v) is 8.61. The molecule has 1 aliphatic rings. The van der Waals surface area contributed by atoms with Gasteiger partial charge in [0.15, 0.2) is 0 Å². The normalized spacial score (nSPS) is 14.7. The third-order valence-electron chi connectivity index (χ3n) is 5.51. The molecule has 0 N–H and O–H groups in total. The highest BCUT2D eigenvalue weighted by molar-refractivity contribution is 5.85. The number of piperidine rings is 1. The number of rotatable bonds is 6. The van der Waals surface area contributed by atoms with Crippen LogP contribution in [0.5, 0.6) is 5.75 Å². The smallest absolute Gasteiger partial charge is 0.409 e. The SMILES string of the molecule is CC(C)COC(=O)N1CCC(Oc2cc(Cc3ccccc3)cc3cccnc23)CC1. The summed E-state index contributed by atoms with van der Waals surface area (Å²) in [6.45, 7) is 5.84. The quantitative estimate of drug-likeness (QED) is 0.533. The highest BCUT2D eigenvalue weighted by atomic mass is 16.6. The molecule has 5 heteroatoms. The first-order valence-electron chi connectivity index (χ1n) is 11.1. The first kappa shape index (κ1) is 21.2. The zero-order valence-electron chi connectivity index (χ0n) is 18.3. The molecule has 0 radical (unpaired) electrons. The highest BCUT2D eigenvalue weighted by Gasteiger charge is 2.25. The number of aromatic nitrogens is 1. The predicted octanol–water partition coefficient (Wildman–Crippen LogP) is 5.46. The Morgan fingerprint density at radius 2 is 1.84 bits per heavy atom. The van der Waals surface area contributed by atoms with Gasteiger partial charge in [0.25, 0.3) is 0 Å². The number of carbonyl (C=O) groups is 1. The molecule has 162 valence electrons. The van der Waals surface area contributed by atoms with Gasteiger partial charge in [0.2, 0.25) is 0 Å². The number of fused-ring (bicyclic) bond motifs is 1. The number of hydrogen-bond acceptors (Lipinski definition) is 4. The molecule has 1 aliphatic heterocycles. The molecule has 2 aromatic carbocycles. The minimum Gasteiger partial charge on any atom is -0.488 e. The van der Waals surface area contributed by atoms with Crippen molar-refractivity contribution in [2.75, 3.05) is 19.7 Å². The van der Waals surface area contributed by atoms with Crippen molar-refractivity contribution >= 4 is 17.0 Å². The van der Waals surface area contributed by atoms with Gasteiger partial charge in [-0.05, 0) is 41.7 Å². The lowest BCUT2D eigenvalue weighted by atomic mass is 10.0. The van der Waals surface area contributed by atoms with E-state index in [9.17, 15) is 4.79 Å². The summed E-state index contributed by atoms with van der Waals surface area (Å²) in [4.78, 5) is 18.6. The van der Waals surface area contributed by atoms with Gasteiger partial charge in [-0.1, -0.05) is 50.2 Å². The van der Waals surface area contributed by atoms with Gasteiger partial charge >= 0.3 is 6.09 Å². The molecule has 0 aliphatic carbocycles. The lowest BCUT2D eigenvalue weighted by Crippen LogP contribution is -2.42. The van der Waals surface area contributed by atoms with Crippen LogP contribution in [0.15, 0.2) is 60.8 Å². The lowest BCUT2D eigenvalue weighted by molar-refractivity contribution is 0.0622. The molecular weight excluding hydrogens is 388 g/mol. The molecule has 0 spiro atoms. The van der Waals surface area contributed by atoms with E-state index in [0.717, 1.165) is 35.9 Å². The molecule has 2 heterocycles. The number of pyridine rings is 1. The number of amides is 1. The topological polar surface area (TPSA) is 51.7 Å². The third-order valence-corrected chi connectivity index (χ3v) is 5.51. The van der Waals surface area contributed by atoms with E-state index in [1.54, 1.807) is 11.1 Å². The van der Waals surface area contributed by atoms with Crippen molar-refractivity contribution in [2.45, 2.75) is 39.2 Å². The first-order valence-corrected chi connectivity index (χ1v) is 11.1. The molecule has 31 heavy (non-hydrogen) atoms. The highest BCUT2D eigenvalue weighted by Crippen LogP contribution is 2.29. The van der Waals surface area contributed by atoms with E-state index in [-0.39, 0.29) is 12.2 Å². The molecular formula is C26H30N2O3. The Labute approximate surface area is 184 Å². The van der Waals surface area contributed by atoms with Gasteiger partial charge < -0.3 is 14.4 Å². The summed E-state index contributed by atoms with van der Waals surface area (Å²) in [6.07, 6.45) is 4.07. The first-order chi connectivity index (χ1) is 15.1. The molecule has 5 nitrogen and oxygen atoms in total. The number of likely N-dealkylation sites (tertiary alicyclic amines) is 1.